The van der Waals surface area contributed by atoms with E-state index in [0.29, 0.717) is 0 Å². The molecule has 16 heteroatoms. The van der Waals surface area contributed by atoms with Crippen molar-refractivity contribution in [2.75, 3.05) is 0 Å². The molecule has 0 radical (unpaired) electrons. The Balaban J connectivity index is 3.13. The highest BCUT2D eigenvalue weighted by atomic mass is 19.2. The molecule has 0 saturated carbocycles. The summed E-state index contributed by atoms with van der Waals surface area (Å²) in [5, 5.41) is 35.2. The van der Waals surface area contributed by atoms with E-state index in [1.165, 1.54) is 0 Å². The Bertz CT molecular complexity index is 2100. The monoisotopic (exact) mass is 600 g/mol. The van der Waals surface area contributed by atoms with Crippen molar-refractivity contribution in [2.45, 2.75) is 0 Å². The van der Waals surface area contributed by atoms with Crippen LogP contribution in [0.1, 0.15) is 11.1 Å². The van der Waals surface area contributed by atoms with Crippen molar-refractivity contribution in [3.8, 4) is 46.5 Å². The van der Waals surface area contributed by atoms with E-state index in [-0.39, 0.29) is 0 Å². The van der Waals surface area contributed by atoms with Gasteiger partial charge in [-0.15, -0.1) is 0 Å². The third-order valence-corrected chi connectivity index (χ3v) is 5.83. The Labute approximate surface area is 239 Å². The molecule has 208 valence electrons. The van der Waals surface area contributed by atoms with Gasteiger partial charge in [0, 0.05) is 16.0 Å². The van der Waals surface area contributed by atoms with Crippen LogP contribution in [0.5, 0.6) is 0 Å². The molecule has 3 aromatic rings. The molecule has 8 nitrogen and oxygen atoms in total. The largest absolute Gasteiger partial charge is 0.269 e. The molecular formula is C28F8N8. The molecule has 0 atom stereocenters. The van der Waals surface area contributed by atoms with Crippen molar-refractivity contribution in [1.82, 2.24) is 0 Å². The number of hydrogen-bond donors (Lipinski definition) is 0. The van der Waals surface area contributed by atoms with Gasteiger partial charge in [-0.3, -0.25) is 0 Å². The predicted molar refractivity (Wildman–Crippen MR) is 129 cm³/mol. The molecule has 0 saturated heterocycles. The summed E-state index contributed by atoms with van der Waals surface area (Å²) in [5.41, 5.74) is -16.7. The van der Waals surface area contributed by atoms with Crippen molar-refractivity contribution in [1.29, 1.82) is 21.0 Å². The van der Waals surface area contributed by atoms with Gasteiger partial charge in [-0.05, 0) is 11.1 Å². The molecule has 44 heavy (non-hydrogen) atoms. The molecule has 0 aliphatic heterocycles. The molecule has 3 aromatic carbocycles. The summed E-state index contributed by atoms with van der Waals surface area (Å²) in [7, 11) is 0. The highest BCUT2D eigenvalue weighted by Crippen LogP contribution is 2.40. The Morgan fingerprint density at radius 1 is 0.455 bits per heavy atom. The van der Waals surface area contributed by atoms with Crippen molar-refractivity contribution in [2.24, 2.45) is 0 Å². The van der Waals surface area contributed by atoms with Gasteiger partial charge in [0.15, 0.2) is 52.2 Å². The van der Waals surface area contributed by atoms with Crippen LogP contribution in [-0.2, 0) is 0 Å². The Morgan fingerprint density at radius 2 is 0.841 bits per heavy atom. The van der Waals surface area contributed by atoms with Crippen LogP contribution in [0.2, 0.25) is 0 Å². The molecule has 0 aliphatic carbocycles. The van der Waals surface area contributed by atoms with Crippen molar-refractivity contribution in [3.05, 3.63) is 114 Å². The molecule has 0 fully saturated rings. The lowest BCUT2D eigenvalue weighted by Crippen LogP contribution is -2.26. The molecule has 0 aromatic heterocycles. The van der Waals surface area contributed by atoms with Gasteiger partial charge in [-0.1, -0.05) is 0 Å². The number of nitriles is 4. The van der Waals surface area contributed by atoms with Crippen LogP contribution in [-0.4, -0.2) is 0 Å². The van der Waals surface area contributed by atoms with E-state index >= 15 is 17.6 Å². The first-order chi connectivity index (χ1) is 20.9. The second-order valence-corrected chi connectivity index (χ2v) is 7.80. The van der Waals surface area contributed by atoms with E-state index in [1.807, 2.05) is 0 Å². The topological polar surface area (TPSA) is 113 Å². The molecule has 0 bridgehead atoms. The normalized spacial score (nSPS) is 11.3. The zero-order valence-corrected chi connectivity index (χ0v) is 20.6. The van der Waals surface area contributed by atoms with E-state index < -0.39 is 113 Å². The Hall–Kier alpha value is -7.24. The SMILES string of the molecule is [C-]#[N+]C(C#N)=c1c(C#N)c(-c2c(F)c(F)c(C#N)c(F)c2F)c(=C(C#N)[N+]#[C-])c([N+]#[C-])c1-c1c(F)c(F)c([N+]#[C-])c(F)c1F. The average Bonchev–Trinajstić information content (AvgIpc) is 3.02. The molecule has 0 aliphatic rings. The van der Waals surface area contributed by atoms with Gasteiger partial charge in [-0.2, -0.15) is 10.5 Å². The van der Waals surface area contributed by atoms with Crippen molar-refractivity contribution >= 4 is 22.8 Å². The number of hydrogen-bond acceptors (Lipinski definition) is 4. The van der Waals surface area contributed by atoms with E-state index in [9.17, 15) is 33.3 Å². The fourth-order valence-electron chi connectivity index (χ4n) is 4.08. The van der Waals surface area contributed by atoms with Gasteiger partial charge in [0.2, 0.25) is 0 Å². The smallest absolute Gasteiger partial charge is 0.238 e. The lowest BCUT2D eigenvalue weighted by atomic mass is 9.86. The fraction of sp³-hybridized carbons (Fsp3) is 0. The van der Waals surface area contributed by atoms with E-state index in [2.05, 4.69) is 19.4 Å². The molecule has 0 spiro atoms. The minimum absolute atomic E-state index is 0.834. The third-order valence-electron chi connectivity index (χ3n) is 5.83. The van der Waals surface area contributed by atoms with Crippen molar-refractivity contribution < 1.29 is 35.1 Å². The highest BCUT2D eigenvalue weighted by molar-refractivity contribution is 5.95. The first-order valence-electron chi connectivity index (χ1n) is 10.7. The third kappa shape index (κ3) is 4.23. The summed E-state index contributed by atoms with van der Waals surface area (Å²) in [4.78, 5) is 10.5. The fourth-order valence-corrected chi connectivity index (χ4v) is 4.08. The Morgan fingerprint density at radius 3 is 1.20 bits per heavy atom. The van der Waals surface area contributed by atoms with E-state index in [0.717, 1.165) is 24.3 Å². The summed E-state index contributed by atoms with van der Waals surface area (Å²) < 4.78 is 120. The highest BCUT2D eigenvalue weighted by Gasteiger charge is 2.35. The van der Waals surface area contributed by atoms with Crippen LogP contribution in [0, 0.1) is 118 Å². The minimum Gasteiger partial charge on any atom is -0.238 e. The number of rotatable bonds is 2. The van der Waals surface area contributed by atoms with Crippen LogP contribution in [0.4, 0.5) is 46.5 Å². The van der Waals surface area contributed by atoms with Crippen molar-refractivity contribution in [3.63, 3.8) is 0 Å². The van der Waals surface area contributed by atoms with Gasteiger partial charge >= 0.3 is 0 Å². The van der Waals surface area contributed by atoms with Crippen LogP contribution in [0.3, 0.4) is 0 Å². The predicted octanol–water partition coefficient (Wildman–Crippen LogP) is 6.08. The number of benzene rings is 3. The first kappa shape index (κ1) is 31.3. The maximum atomic E-state index is 15.4. The molecule has 0 amide bonds. The summed E-state index contributed by atoms with van der Waals surface area (Å²) in [6.07, 6.45) is 0. The zero-order valence-electron chi connectivity index (χ0n) is 20.6. The second-order valence-electron chi connectivity index (χ2n) is 7.80. The maximum absolute atomic E-state index is 15.4. The van der Waals surface area contributed by atoms with E-state index in [1.54, 1.807) is 0 Å². The molecule has 0 N–H and O–H groups in total. The summed E-state index contributed by atoms with van der Waals surface area (Å²) in [5.74, 6) is -19.3. The lowest BCUT2D eigenvalue weighted by molar-refractivity contribution is 0.454. The van der Waals surface area contributed by atoms with Gasteiger partial charge < -0.3 is 0 Å². The molecule has 3 rings (SSSR count). The van der Waals surface area contributed by atoms with Crippen LogP contribution < -0.4 is 10.4 Å². The summed E-state index contributed by atoms with van der Waals surface area (Å²) >= 11 is 0. The molecule has 0 heterocycles. The Kier molecular flexibility index (Phi) is 8.32. The zero-order chi connectivity index (χ0) is 33.2. The lowest BCUT2D eigenvalue weighted by Gasteiger charge is -2.18. The minimum atomic E-state index is -2.45. The number of halogens is 8. The summed E-state index contributed by atoms with van der Waals surface area (Å²) in [6.45, 7) is 29.0. The summed E-state index contributed by atoms with van der Waals surface area (Å²) in [6, 6.07) is 4.27. The quantitative estimate of drug-likeness (QED) is 0.202. The average molecular weight is 600 g/mol. The van der Waals surface area contributed by atoms with Crippen LogP contribution in [0.25, 0.3) is 53.0 Å². The van der Waals surface area contributed by atoms with Crippen LogP contribution >= 0.6 is 0 Å². The van der Waals surface area contributed by atoms with Gasteiger partial charge in [0.05, 0.1) is 55.6 Å². The van der Waals surface area contributed by atoms with Gasteiger partial charge in [0.1, 0.15) is 11.6 Å². The van der Waals surface area contributed by atoms with Gasteiger partial charge in [-0.25, -0.2) is 65.0 Å². The molecular weight excluding hydrogens is 600 g/mol. The van der Waals surface area contributed by atoms with Crippen LogP contribution in [0.15, 0.2) is 0 Å². The maximum Gasteiger partial charge on any atom is 0.269 e. The number of nitrogens with zero attached hydrogens (tertiary/aromatic N) is 8. The van der Waals surface area contributed by atoms with E-state index in [4.69, 9.17) is 31.6 Å². The first-order valence-corrected chi connectivity index (χ1v) is 10.7. The standard InChI is InChI=1S/C28F8N8/c1-41-11(7-39)13-9(5-37)14(17-21(31)19(29)10(6-38)20(30)22(17)32)15(12(8-40)42-2)27(43-3)16(13)18-23(33)25(35)28(44-4)26(36)24(18)34. The molecule has 0 unspecified atom stereocenters. The second kappa shape index (κ2) is 11.7. The van der Waals surface area contributed by atoms with Gasteiger partial charge in [0.25, 0.3) is 17.1 Å².